The topological polar surface area (TPSA) is 169 Å². The van der Waals surface area contributed by atoms with E-state index in [1.807, 2.05) is 42.5 Å². The third-order valence-corrected chi connectivity index (χ3v) is 13.5. The van der Waals surface area contributed by atoms with E-state index in [1.165, 1.54) is 34.2 Å². The Morgan fingerprint density at radius 2 is 1.56 bits per heavy atom. The van der Waals surface area contributed by atoms with Gasteiger partial charge in [-0.3, -0.25) is 14.4 Å². The van der Waals surface area contributed by atoms with Crippen LogP contribution in [-0.2, 0) is 48.2 Å². The van der Waals surface area contributed by atoms with Gasteiger partial charge >= 0.3 is 11.4 Å². The number of methoxy groups -OCH3 is 2. The Bertz CT molecular complexity index is 3320. The third kappa shape index (κ3) is 6.55. The van der Waals surface area contributed by atoms with Gasteiger partial charge in [-0.05, 0) is 47.4 Å². The predicted molar refractivity (Wildman–Crippen MR) is 246 cm³/mol. The Labute approximate surface area is 381 Å². The molecule has 2 aromatic heterocycles. The van der Waals surface area contributed by atoms with Crippen LogP contribution in [0.1, 0.15) is 40.8 Å². The number of aromatic nitrogens is 5. The number of ether oxygens (including phenoxy) is 3. The van der Waals surface area contributed by atoms with Gasteiger partial charge in [-0.15, -0.1) is 0 Å². The molecule has 66 heavy (non-hydrogen) atoms. The van der Waals surface area contributed by atoms with Gasteiger partial charge < -0.3 is 23.9 Å². The Balaban J connectivity index is 1.10. The molecule has 16 heteroatoms. The van der Waals surface area contributed by atoms with Crippen molar-refractivity contribution in [3.63, 3.8) is 0 Å². The van der Waals surface area contributed by atoms with E-state index in [2.05, 4.69) is 4.98 Å². The van der Waals surface area contributed by atoms with Gasteiger partial charge in [0.25, 0.3) is 5.56 Å². The first kappa shape index (κ1) is 42.3. The smallest absolute Gasteiger partial charge is 0.347 e. The van der Waals surface area contributed by atoms with Gasteiger partial charge in [0.15, 0.2) is 11.5 Å². The number of hydrogen-bond acceptors (Lipinski definition) is 10. The molecule has 10 rings (SSSR count). The highest BCUT2D eigenvalue weighted by molar-refractivity contribution is 6.32. The number of allylic oxidation sites excluding steroid dienone is 2. The summed E-state index contributed by atoms with van der Waals surface area (Å²) in [6, 6.07) is 32.4. The van der Waals surface area contributed by atoms with Gasteiger partial charge in [-0.2, -0.15) is 0 Å². The fourth-order valence-electron chi connectivity index (χ4n) is 10.3. The average Bonchev–Trinajstić information content (AvgIpc) is 3.71. The quantitative estimate of drug-likeness (QED) is 0.119. The molecule has 4 atom stereocenters. The normalized spacial score (nSPS) is 19.8. The number of halogens is 1. The van der Waals surface area contributed by atoms with E-state index in [1.54, 1.807) is 79.8 Å². The highest BCUT2D eigenvalue weighted by Crippen LogP contribution is 2.63. The maximum absolute atomic E-state index is 15.6. The van der Waals surface area contributed by atoms with Crippen molar-refractivity contribution >= 4 is 40.1 Å². The van der Waals surface area contributed by atoms with E-state index < -0.39 is 52.0 Å². The minimum atomic E-state index is -1.63. The van der Waals surface area contributed by atoms with Crippen molar-refractivity contribution in [3.05, 3.63) is 186 Å². The van der Waals surface area contributed by atoms with Gasteiger partial charge in [0.2, 0.25) is 11.8 Å². The Kier molecular flexibility index (Phi) is 10.5. The summed E-state index contributed by atoms with van der Waals surface area (Å²) in [7, 11) is 4.59. The van der Waals surface area contributed by atoms with Crippen LogP contribution in [-0.4, -0.2) is 54.6 Å². The lowest BCUT2D eigenvalue weighted by molar-refractivity contribution is -0.124. The molecule has 3 aliphatic rings. The van der Waals surface area contributed by atoms with Crippen LogP contribution in [0, 0.1) is 5.92 Å². The Hall–Kier alpha value is -7.65. The number of carbonyl (C=O) groups excluding carboxylic acids is 2. The molecule has 15 nitrogen and oxygen atoms in total. The number of phenolic OH excluding ortho intramolecular Hbond substituents is 1. The van der Waals surface area contributed by atoms with Crippen molar-refractivity contribution in [2.24, 2.45) is 13.0 Å². The summed E-state index contributed by atoms with van der Waals surface area (Å²) in [6.45, 7) is -0.00367. The van der Waals surface area contributed by atoms with E-state index in [9.17, 15) is 19.5 Å². The van der Waals surface area contributed by atoms with Crippen molar-refractivity contribution in [1.29, 1.82) is 0 Å². The molecule has 1 saturated heterocycles. The number of phenols is 1. The van der Waals surface area contributed by atoms with Crippen LogP contribution in [0.25, 0.3) is 11.0 Å². The molecule has 4 heterocycles. The van der Waals surface area contributed by atoms with Crippen LogP contribution in [0.4, 0.5) is 5.69 Å². The first-order chi connectivity index (χ1) is 32.0. The van der Waals surface area contributed by atoms with Crippen molar-refractivity contribution in [1.82, 2.24) is 23.5 Å². The molecule has 2 aliphatic heterocycles. The third-order valence-electron chi connectivity index (χ3n) is 13.3. The molecule has 1 saturated carbocycles. The van der Waals surface area contributed by atoms with Gasteiger partial charge in [-0.1, -0.05) is 90.5 Å². The standard InChI is InChI=1S/C50H43ClN6O9/c1-53-40-27-43(65-3)42(64-2)26-38(40)52-37(46(53)60)20-21-54-48(62)55-22-19-34-39(57(55)49(54)63)25-36-45(59)56(32-16-10-15-31(51)23-32)47(61)50(36,30-13-8-5-9-14-30)44(34)35-18-17-33(24-41(35)58)66-28-29-11-6-4-7-12-29/h4-19,23-24,26-27,36,39,44,58H,20-22,25,28H2,1-3H3. The number of imide groups is 1. The highest BCUT2D eigenvalue weighted by Gasteiger charge is 2.69. The number of aromatic hydroxyl groups is 1. The molecule has 0 bridgehead atoms. The van der Waals surface area contributed by atoms with Gasteiger partial charge in [-0.25, -0.2) is 33.4 Å². The van der Waals surface area contributed by atoms with E-state index in [0.717, 1.165) is 15.0 Å². The number of hydrogen-bond donors (Lipinski definition) is 1. The number of anilines is 1. The van der Waals surface area contributed by atoms with E-state index in [-0.39, 0.29) is 49.7 Å². The largest absolute Gasteiger partial charge is 0.508 e. The van der Waals surface area contributed by atoms with Crippen molar-refractivity contribution in [3.8, 4) is 23.0 Å². The summed E-state index contributed by atoms with van der Waals surface area (Å²) in [5.74, 6) is -2.12. The highest BCUT2D eigenvalue weighted by atomic mass is 35.5. The van der Waals surface area contributed by atoms with Crippen molar-refractivity contribution < 1.29 is 28.9 Å². The zero-order valence-corrected chi connectivity index (χ0v) is 36.8. The zero-order valence-electron chi connectivity index (χ0n) is 36.1. The molecule has 1 N–H and O–H groups in total. The van der Waals surface area contributed by atoms with Crippen LogP contribution < -0.4 is 36.0 Å². The fourth-order valence-corrected chi connectivity index (χ4v) is 10.5. The molecular weight excluding hydrogens is 864 g/mol. The zero-order chi connectivity index (χ0) is 46.0. The molecule has 2 amide bonds. The Morgan fingerprint density at radius 3 is 2.27 bits per heavy atom. The molecule has 5 aromatic carbocycles. The monoisotopic (exact) mass is 906 g/mol. The van der Waals surface area contributed by atoms with Gasteiger partial charge in [0.05, 0.1) is 54.9 Å². The molecule has 1 aliphatic carbocycles. The summed E-state index contributed by atoms with van der Waals surface area (Å²) < 4.78 is 22.2. The van der Waals surface area contributed by atoms with Crippen LogP contribution in [0.3, 0.4) is 0 Å². The van der Waals surface area contributed by atoms with Gasteiger partial charge in [0, 0.05) is 54.7 Å². The molecule has 334 valence electrons. The van der Waals surface area contributed by atoms with E-state index in [0.29, 0.717) is 50.0 Å². The Morgan fingerprint density at radius 1 is 0.833 bits per heavy atom. The molecule has 4 unspecified atom stereocenters. The number of aryl methyl sites for hydroxylation is 2. The molecule has 0 radical (unpaired) electrons. The number of amides is 2. The minimum absolute atomic E-state index is 0.0423. The summed E-state index contributed by atoms with van der Waals surface area (Å²) >= 11 is 6.46. The van der Waals surface area contributed by atoms with Crippen molar-refractivity contribution in [2.45, 2.75) is 49.9 Å². The second-order valence-corrected chi connectivity index (χ2v) is 17.1. The number of rotatable bonds is 11. The molecule has 7 aromatic rings. The first-order valence-corrected chi connectivity index (χ1v) is 21.8. The summed E-state index contributed by atoms with van der Waals surface area (Å²) in [5, 5.41) is 12.4. The lowest BCUT2D eigenvalue weighted by Crippen LogP contribution is -2.53. The fraction of sp³-hybridized carbons (Fsp3) is 0.240. The van der Waals surface area contributed by atoms with Gasteiger partial charge in [0.1, 0.15) is 23.8 Å². The first-order valence-electron chi connectivity index (χ1n) is 21.4. The number of nitrogens with zero attached hydrogens (tertiary/aromatic N) is 6. The molecular formula is C50H43ClN6O9. The minimum Gasteiger partial charge on any atom is -0.508 e. The second kappa shape index (κ2) is 16.4. The SMILES string of the molecule is COc1cc2nc(CCn3c(=O)n4n(c3=O)C3CC5C(=O)N(c6cccc(Cl)c6)C(=O)C5(c5ccccc5)C(c5ccc(OCc6ccccc6)cc5O)C3=CC4)c(=O)n(C)c2cc1OC. The summed E-state index contributed by atoms with van der Waals surface area (Å²) in [4.78, 5) is 79.3. The number of fused-ring (bicyclic) bond motifs is 5. The van der Waals surface area contributed by atoms with E-state index in [4.69, 9.17) is 25.8 Å². The molecule has 0 spiro atoms. The maximum Gasteiger partial charge on any atom is 0.347 e. The maximum atomic E-state index is 15.6. The summed E-state index contributed by atoms with van der Waals surface area (Å²) in [5.41, 5.74) is 0.413. The predicted octanol–water partition coefficient (Wildman–Crippen LogP) is 6.05. The lowest BCUT2D eigenvalue weighted by Gasteiger charge is -2.49. The van der Waals surface area contributed by atoms with Crippen LogP contribution in [0.15, 0.2) is 141 Å². The average molecular weight is 907 g/mol. The van der Waals surface area contributed by atoms with E-state index >= 15 is 9.59 Å². The van der Waals surface area contributed by atoms with Crippen LogP contribution >= 0.6 is 11.6 Å². The number of benzene rings is 5. The number of carbonyl (C=O) groups is 2. The summed E-state index contributed by atoms with van der Waals surface area (Å²) in [6.07, 6.45) is 1.72. The van der Waals surface area contributed by atoms with Crippen LogP contribution in [0.5, 0.6) is 23.0 Å². The van der Waals surface area contributed by atoms with Crippen molar-refractivity contribution in [2.75, 3.05) is 19.1 Å². The van der Waals surface area contributed by atoms with Crippen LogP contribution in [0.2, 0.25) is 5.02 Å². The second-order valence-electron chi connectivity index (χ2n) is 16.6. The molecule has 2 fully saturated rings. The lowest BCUT2D eigenvalue weighted by atomic mass is 9.53.